The highest BCUT2D eigenvalue weighted by Gasteiger charge is 2.17. The Labute approximate surface area is 164 Å². The molecule has 3 aromatic rings. The number of benzene rings is 2. The van der Waals surface area contributed by atoms with Crippen molar-refractivity contribution in [2.75, 3.05) is 11.9 Å². The highest BCUT2D eigenvalue weighted by atomic mass is 35.5. The molecule has 0 fully saturated rings. The molecule has 0 aliphatic carbocycles. The molecule has 1 atom stereocenters. The van der Waals surface area contributed by atoms with Gasteiger partial charge in [0.15, 0.2) is 0 Å². The second-order valence-corrected chi connectivity index (χ2v) is 7.10. The van der Waals surface area contributed by atoms with E-state index in [1.165, 1.54) is 18.2 Å². The summed E-state index contributed by atoms with van der Waals surface area (Å²) in [6.45, 7) is 0.0603. The van der Waals surface area contributed by atoms with Gasteiger partial charge in [0.05, 0.1) is 28.2 Å². The molecule has 27 heavy (non-hydrogen) atoms. The second kappa shape index (κ2) is 8.77. The van der Waals surface area contributed by atoms with Crippen LogP contribution in [0.4, 0.5) is 11.4 Å². The van der Waals surface area contributed by atoms with Crippen LogP contribution in [-0.2, 0) is 4.79 Å². The third-order valence-corrected chi connectivity index (χ3v) is 5.11. The van der Waals surface area contributed by atoms with E-state index in [9.17, 15) is 14.9 Å². The molecule has 0 saturated carbocycles. The number of carbonyl (C=O) groups excluding carboxylic acids is 1. The van der Waals surface area contributed by atoms with Crippen LogP contribution in [0.15, 0.2) is 66.0 Å². The summed E-state index contributed by atoms with van der Waals surface area (Å²) in [4.78, 5) is 23.7. The number of non-ortho nitro benzene ring substituents is 1. The first-order chi connectivity index (χ1) is 13.0. The topological polar surface area (TPSA) is 84.3 Å². The standard InChI is InChI=1S/C19H16ClN3O3S/c20-15-11-14(23(25)26)8-9-16(15)22-18(24)12-21-19(17-7-4-10-27-17)13-5-2-1-3-6-13/h1-11,19,21H,12H2,(H,22,24)/t19-/m1/s1. The molecule has 8 heteroatoms. The van der Waals surface area contributed by atoms with Crippen LogP contribution < -0.4 is 10.6 Å². The largest absolute Gasteiger partial charge is 0.324 e. The first kappa shape index (κ1) is 19.0. The van der Waals surface area contributed by atoms with Gasteiger partial charge in [-0.3, -0.25) is 20.2 Å². The molecular formula is C19H16ClN3O3S. The van der Waals surface area contributed by atoms with E-state index < -0.39 is 4.92 Å². The Morgan fingerprint density at radius 1 is 1.15 bits per heavy atom. The molecule has 0 unspecified atom stereocenters. The van der Waals surface area contributed by atoms with Crippen molar-refractivity contribution in [1.29, 1.82) is 0 Å². The zero-order valence-electron chi connectivity index (χ0n) is 14.1. The molecule has 0 aliphatic rings. The van der Waals surface area contributed by atoms with Gasteiger partial charge in [-0.15, -0.1) is 11.3 Å². The number of nitrogens with one attached hydrogen (secondary N) is 2. The molecule has 3 rings (SSSR count). The number of carbonyl (C=O) groups is 1. The number of halogens is 1. The summed E-state index contributed by atoms with van der Waals surface area (Å²) in [5.74, 6) is -0.289. The zero-order chi connectivity index (χ0) is 19.2. The van der Waals surface area contributed by atoms with Crippen molar-refractivity contribution in [3.05, 3.63) is 91.6 Å². The van der Waals surface area contributed by atoms with Crippen molar-refractivity contribution >= 4 is 40.2 Å². The smallest absolute Gasteiger partial charge is 0.271 e. The summed E-state index contributed by atoms with van der Waals surface area (Å²) in [7, 11) is 0. The number of rotatable bonds is 7. The Balaban J connectivity index is 1.67. The number of thiophene rings is 1. The van der Waals surface area contributed by atoms with E-state index in [4.69, 9.17) is 11.6 Å². The fourth-order valence-corrected chi connectivity index (χ4v) is 3.64. The van der Waals surface area contributed by atoms with Crippen LogP contribution in [-0.4, -0.2) is 17.4 Å². The van der Waals surface area contributed by atoms with Crippen molar-refractivity contribution in [1.82, 2.24) is 5.32 Å². The van der Waals surface area contributed by atoms with Crippen LogP contribution in [0.1, 0.15) is 16.5 Å². The van der Waals surface area contributed by atoms with E-state index in [0.717, 1.165) is 10.4 Å². The number of hydrogen-bond acceptors (Lipinski definition) is 5. The normalized spacial score (nSPS) is 11.7. The van der Waals surface area contributed by atoms with Gasteiger partial charge in [0.2, 0.25) is 5.91 Å². The summed E-state index contributed by atoms with van der Waals surface area (Å²) < 4.78 is 0. The predicted octanol–water partition coefficient (Wildman–Crippen LogP) is 4.63. The number of nitro benzene ring substituents is 1. The fraction of sp³-hybridized carbons (Fsp3) is 0.105. The highest BCUT2D eigenvalue weighted by Crippen LogP contribution is 2.27. The lowest BCUT2D eigenvalue weighted by atomic mass is 10.1. The minimum atomic E-state index is -0.537. The molecule has 1 amide bonds. The summed E-state index contributed by atoms with van der Waals surface area (Å²) in [6.07, 6.45) is 0. The third kappa shape index (κ3) is 4.91. The molecule has 0 saturated heterocycles. The van der Waals surface area contributed by atoms with Crippen molar-refractivity contribution in [2.45, 2.75) is 6.04 Å². The Hall–Kier alpha value is -2.74. The van der Waals surface area contributed by atoms with Gasteiger partial charge in [-0.1, -0.05) is 48.0 Å². The number of nitro groups is 1. The van der Waals surface area contributed by atoms with E-state index in [1.54, 1.807) is 11.3 Å². The molecule has 138 valence electrons. The zero-order valence-corrected chi connectivity index (χ0v) is 15.7. The van der Waals surface area contributed by atoms with Gasteiger partial charge in [-0.25, -0.2) is 0 Å². The Bertz CT molecular complexity index is 933. The van der Waals surface area contributed by atoms with Gasteiger partial charge in [-0.05, 0) is 23.1 Å². The predicted molar refractivity (Wildman–Crippen MR) is 107 cm³/mol. The Morgan fingerprint density at radius 2 is 1.93 bits per heavy atom. The average Bonchev–Trinajstić information content (AvgIpc) is 3.19. The minimum absolute atomic E-state index is 0.0603. The van der Waals surface area contributed by atoms with E-state index in [1.807, 2.05) is 47.8 Å². The summed E-state index contributed by atoms with van der Waals surface area (Å²) in [5.41, 5.74) is 1.26. The van der Waals surface area contributed by atoms with Gasteiger partial charge in [0, 0.05) is 17.0 Å². The first-order valence-corrected chi connectivity index (χ1v) is 9.36. The number of amides is 1. The number of anilines is 1. The Kier molecular flexibility index (Phi) is 6.18. The van der Waals surface area contributed by atoms with Crippen LogP contribution in [0.25, 0.3) is 0 Å². The molecule has 0 bridgehead atoms. The lowest BCUT2D eigenvalue weighted by molar-refractivity contribution is -0.384. The van der Waals surface area contributed by atoms with E-state index >= 15 is 0 Å². The lowest BCUT2D eigenvalue weighted by Gasteiger charge is -2.18. The van der Waals surface area contributed by atoms with Crippen molar-refractivity contribution in [3.8, 4) is 0 Å². The molecule has 6 nitrogen and oxygen atoms in total. The molecule has 1 heterocycles. The maximum absolute atomic E-state index is 12.3. The molecule has 0 aliphatic heterocycles. The number of hydrogen-bond donors (Lipinski definition) is 2. The lowest BCUT2D eigenvalue weighted by Crippen LogP contribution is -2.31. The SMILES string of the molecule is O=C(CN[C@H](c1ccccc1)c1cccs1)Nc1ccc([N+](=O)[O-])cc1Cl. The van der Waals surface area contributed by atoms with E-state index in [-0.39, 0.29) is 29.2 Å². The third-order valence-electron chi connectivity index (χ3n) is 3.86. The molecular weight excluding hydrogens is 386 g/mol. The monoisotopic (exact) mass is 401 g/mol. The minimum Gasteiger partial charge on any atom is -0.324 e. The molecule has 2 aromatic carbocycles. The van der Waals surface area contributed by atoms with Crippen molar-refractivity contribution in [2.24, 2.45) is 0 Å². The van der Waals surface area contributed by atoms with Crippen molar-refractivity contribution < 1.29 is 9.72 Å². The van der Waals surface area contributed by atoms with Gasteiger partial charge in [-0.2, -0.15) is 0 Å². The average molecular weight is 402 g/mol. The van der Waals surface area contributed by atoms with Crippen LogP contribution in [0.5, 0.6) is 0 Å². The molecule has 0 radical (unpaired) electrons. The fourth-order valence-electron chi connectivity index (χ4n) is 2.59. The number of nitrogens with zero attached hydrogens (tertiary/aromatic N) is 1. The van der Waals surface area contributed by atoms with Gasteiger partial charge < -0.3 is 5.32 Å². The summed E-state index contributed by atoms with van der Waals surface area (Å²) in [5, 5.41) is 18.8. The highest BCUT2D eigenvalue weighted by molar-refractivity contribution is 7.10. The molecule has 0 spiro atoms. The maximum Gasteiger partial charge on any atom is 0.271 e. The van der Waals surface area contributed by atoms with Gasteiger partial charge in [0.1, 0.15) is 0 Å². The van der Waals surface area contributed by atoms with Crippen LogP contribution >= 0.6 is 22.9 Å². The summed E-state index contributed by atoms with van der Waals surface area (Å²) >= 11 is 7.63. The maximum atomic E-state index is 12.3. The summed E-state index contributed by atoms with van der Waals surface area (Å²) in [6, 6.07) is 17.7. The molecule has 1 aromatic heterocycles. The van der Waals surface area contributed by atoms with Gasteiger partial charge >= 0.3 is 0 Å². The van der Waals surface area contributed by atoms with E-state index in [0.29, 0.717) is 5.69 Å². The van der Waals surface area contributed by atoms with Crippen molar-refractivity contribution in [3.63, 3.8) is 0 Å². The molecule has 2 N–H and O–H groups in total. The van der Waals surface area contributed by atoms with Crippen LogP contribution in [0, 0.1) is 10.1 Å². The second-order valence-electron chi connectivity index (χ2n) is 5.71. The first-order valence-electron chi connectivity index (χ1n) is 8.10. The van der Waals surface area contributed by atoms with Crippen LogP contribution in [0.3, 0.4) is 0 Å². The quantitative estimate of drug-likeness (QED) is 0.446. The van der Waals surface area contributed by atoms with Crippen LogP contribution in [0.2, 0.25) is 5.02 Å². The van der Waals surface area contributed by atoms with E-state index in [2.05, 4.69) is 10.6 Å². The van der Waals surface area contributed by atoms with Gasteiger partial charge in [0.25, 0.3) is 5.69 Å². The Morgan fingerprint density at radius 3 is 2.56 bits per heavy atom.